The number of nitriles is 1. The molecule has 2 aliphatic heterocycles. The van der Waals surface area contributed by atoms with Crippen molar-refractivity contribution in [2.75, 3.05) is 36.4 Å². The van der Waals surface area contributed by atoms with E-state index in [9.17, 15) is 9.18 Å². The second-order valence-corrected chi connectivity index (χ2v) is 8.76. The van der Waals surface area contributed by atoms with Crippen molar-refractivity contribution in [1.82, 2.24) is 9.88 Å². The molecule has 0 aliphatic carbocycles. The topological polar surface area (TPSA) is 75.2 Å². The summed E-state index contributed by atoms with van der Waals surface area (Å²) in [6.45, 7) is 6.29. The summed E-state index contributed by atoms with van der Waals surface area (Å²) in [7, 11) is 0. The average Bonchev–Trinajstić information content (AvgIpc) is 2.80. The molecule has 0 saturated carbocycles. The minimum absolute atomic E-state index is 0.00785. The van der Waals surface area contributed by atoms with Crippen LogP contribution in [-0.4, -0.2) is 42.1 Å². The molecule has 3 aromatic rings. The fraction of sp³-hybridized carbons (Fsp3) is 0.360. The Labute approximate surface area is 186 Å². The highest BCUT2D eigenvalue weighted by molar-refractivity contribution is 5.93. The van der Waals surface area contributed by atoms with Crippen LogP contribution in [-0.2, 0) is 13.0 Å². The second-order valence-electron chi connectivity index (χ2n) is 8.76. The standard InChI is InChI=1S/C25H26FN5O/c1-16-14-31(19-6-5-18(13-27)22(26)12-19)10-9-30(16)15-17-4-7-20-23(11-17)29-25(32)21-3-2-8-28-24(20)21/h4-7,11-12,16,28H,2-3,8-10,14-15H2,1H3,(H,29,32). The third-order valence-corrected chi connectivity index (χ3v) is 6.67. The first-order valence-corrected chi connectivity index (χ1v) is 11.1. The molecule has 1 aromatic heterocycles. The Balaban J connectivity index is 1.32. The Hall–Kier alpha value is -3.37. The van der Waals surface area contributed by atoms with Crippen molar-refractivity contribution >= 4 is 22.3 Å². The molecule has 1 unspecified atom stereocenters. The minimum atomic E-state index is -0.470. The second kappa shape index (κ2) is 8.29. The Morgan fingerprint density at radius 2 is 2.09 bits per heavy atom. The summed E-state index contributed by atoms with van der Waals surface area (Å²) in [5, 5.41) is 13.4. The normalized spacial score (nSPS) is 18.8. The smallest absolute Gasteiger partial charge is 0.253 e. The van der Waals surface area contributed by atoms with Gasteiger partial charge in [0.1, 0.15) is 11.9 Å². The van der Waals surface area contributed by atoms with E-state index in [2.05, 4.69) is 45.2 Å². The van der Waals surface area contributed by atoms with E-state index in [0.29, 0.717) is 0 Å². The molecular weight excluding hydrogens is 405 g/mol. The van der Waals surface area contributed by atoms with Crippen LogP contribution in [0.3, 0.4) is 0 Å². The van der Waals surface area contributed by atoms with Crippen LogP contribution in [0.25, 0.3) is 10.9 Å². The van der Waals surface area contributed by atoms with E-state index in [4.69, 9.17) is 5.26 Å². The van der Waals surface area contributed by atoms with Crippen LogP contribution < -0.4 is 15.8 Å². The summed E-state index contributed by atoms with van der Waals surface area (Å²) in [6, 6.07) is 13.3. The molecule has 2 aromatic carbocycles. The highest BCUT2D eigenvalue weighted by atomic mass is 19.1. The van der Waals surface area contributed by atoms with Gasteiger partial charge in [0, 0.05) is 55.4 Å². The number of hydrogen-bond donors (Lipinski definition) is 2. The zero-order valence-corrected chi connectivity index (χ0v) is 18.1. The van der Waals surface area contributed by atoms with Crippen molar-refractivity contribution in [1.29, 1.82) is 5.26 Å². The molecule has 32 heavy (non-hydrogen) atoms. The number of aromatic nitrogens is 1. The Bertz CT molecular complexity index is 1280. The zero-order valence-electron chi connectivity index (χ0n) is 18.1. The van der Waals surface area contributed by atoms with Gasteiger partial charge in [0.15, 0.2) is 0 Å². The molecule has 2 N–H and O–H groups in total. The maximum atomic E-state index is 14.0. The maximum Gasteiger partial charge on any atom is 0.253 e. The third kappa shape index (κ3) is 3.71. The number of rotatable bonds is 3. The summed E-state index contributed by atoms with van der Waals surface area (Å²) < 4.78 is 14.0. The van der Waals surface area contributed by atoms with Crippen molar-refractivity contribution in [2.24, 2.45) is 0 Å². The van der Waals surface area contributed by atoms with E-state index >= 15 is 0 Å². The molecule has 0 amide bonds. The highest BCUT2D eigenvalue weighted by Crippen LogP contribution is 2.29. The fourth-order valence-corrected chi connectivity index (χ4v) is 4.89. The van der Waals surface area contributed by atoms with Gasteiger partial charge >= 0.3 is 0 Å². The van der Waals surface area contributed by atoms with Gasteiger partial charge in [0.25, 0.3) is 5.56 Å². The van der Waals surface area contributed by atoms with Crippen LogP contribution in [0.4, 0.5) is 15.8 Å². The first-order valence-electron chi connectivity index (χ1n) is 11.1. The third-order valence-electron chi connectivity index (χ3n) is 6.67. The van der Waals surface area contributed by atoms with Gasteiger partial charge in [-0.15, -0.1) is 0 Å². The number of halogens is 1. The largest absolute Gasteiger partial charge is 0.384 e. The number of fused-ring (bicyclic) bond motifs is 3. The van der Waals surface area contributed by atoms with Crippen LogP contribution in [0.2, 0.25) is 0 Å². The van der Waals surface area contributed by atoms with E-state index in [1.807, 2.05) is 12.1 Å². The van der Waals surface area contributed by atoms with E-state index < -0.39 is 5.82 Å². The van der Waals surface area contributed by atoms with Crippen LogP contribution in [0.15, 0.2) is 41.2 Å². The van der Waals surface area contributed by atoms with E-state index in [0.717, 1.165) is 79.0 Å². The molecule has 0 bridgehead atoms. The number of anilines is 2. The number of pyridine rings is 1. The van der Waals surface area contributed by atoms with Gasteiger partial charge in [-0.25, -0.2) is 4.39 Å². The van der Waals surface area contributed by atoms with Crippen LogP contribution >= 0.6 is 0 Å². The molecule has 6 nitrogen and oxygen atoms in total. The monoisotopic (exact) mass is 431 g/mol. The lowest BCUT2D eigenvalue weighted by Crippen LogP contribution is -2.51. The Morgan fingerprint density at radius 1 is 1.22 bits per heavy atom. The van der Waals surface area contributed by atoms with Gasteiger partial charge in [-0.05, 0) is 49.6 Å². The quantitative estimate of drug-likeness (QED) is 0.663. The zero-order chi connectivity index (χ0) is 22.2. The first kappa shape index (κ1) is 20.5. The summed E-state index contributed by atoms with van der Waals surface area (Å²) in [4.78, 5) is 20.2. The summed E-state index contributed by atoms with van der Waals surface area (Å²) in [6.07, 6.45) is 1.80. The summed E-state index contributed by atoms with van der Waals surface area (Å²) in [5.41, 5.74) is 4.78. The first-order chi connectivity index (χ1) is 15.5. The molecule has 7 heteroatoms. The predicted octanol–water partition coefficient (Wildman–Crippen LogP) is 3.61. The molecular formula is C25H26FN5O. The van der Waals surface area contributed by atoms with Crippen molar-refractivity contribution < 1.29 is 4.39 Å². The van der Waals surface area contributed by atoms with Gasteiger partial charge in [-0.1, -0.05) is 12.1 Å². The Kier molecular flexibility index (Phi) is 5.32. The molecule has 0 spiro atoms. The lowest BCUT2D eigenvalue weighted by molar-refractivity contribution is 0.181. The Morgan fingerprint density at radius 3 is 2.88 bits per heavy atom. The molecule has 5 rings (SSSR count). The van der Waals surface area contributed by atoms with Crippen molar-refractivity contribution in [3.05, 3.63) is 69.3 Å². The van der Waals surface area contributed by atoms with Gasteiger partial charge in [-0.3, -0.25) is 9.69 Å². The molecule has 1 saturated heterocycles. The number of hydrogen-bond acceptors (Lipinski definition) is 5. The molecule has 3 heterocycles. The van der Waals surface area contributed by atoms with Crippen LogP contribution in [0, 0.1) is 17.1 Å². The van der Waals surface area contributed by atoms with Crippen LogP contribution in [0.1, 0.15) is 30.0 Å². The average molecular weight is 432 g/mol. The molecule has 1 atom stereocenters. The maximum absolute atomic E-state index is 14.0. The van der Waals surface area contributed by atoms with Gasteiger partial charge in [-0.2, -0.15) is 5.26 Å². The van der Waals surface area contributed by atoms with Gasteiger partial charge in [0.2, 0.25) is 0 Å². The lowest BCUT2D eigenvalue weighted by Gasteiger charge is -2.41. The predicted molar refractivity (Wildman–Crippen MR) is 125 cm³/mol. The van der Waals surface area contributed by atoms with Crippen molar-refractivity contribution in [3.8, 4) is 6.07 Å². The molecule has 164 valence electrons. The lowest BCUT2D eigenvalue weighted by atomic mass is 10.0. The number of benzene rings is 2. The fourth-order valence-electron chi connectivity index (χ4n) is 4.89. The number of aromatic amines is 1. The molecule has 0 radical (unpaired) electrons. The number of nitrogens with zero attached hydrogens (tertiary/aromatic N) is 3. The summed E-state index contributed by atoms with van der Waals surface area (Å²) in [5.74, 6) is -0.470. The van der Waals surface area contributed by atoms with Crippen molar-refractivity contribution in [2.45, 2.75) is 32.4 Å². The minimum Gasteiger partial charge on any atom is -0.384 e. The van der Waals surface area contributed by atoms with E-state index in [1.54, 1.807) is 6.07 Å². The number of H-pyrrole nitrogens is 1. The SMILES string of the molecule is CC1CN(c2ccc(C#N)c(F)c2)CCN1Cc1ccc2c3c(c(=O)[nH]c2c1)CCCN3. The highest BCUT2D eigenvalue weighted by Gasteiger charge is 2.25. The van der Waals surface area contributed by atoms with Gasteiger partial charge in [0.05, 0.1) is 16.8 Å². The van der Waals surface area contributed by atoms with Gasteiger partial charge < -0.3 is 15.2 Å². The van der Waals surface area contributed by atoms with Crippen molar-refractivity contribution in [3.63, 3.8) is 0 Å². The van der Waals surface area contributed by atoms with Crippen LogP contribution in [0.5, 0.6) is 0 Å². The molecule has 2 aliphatic rings. The number of nitrogens with one attached hydrogen (secondary N) is 2. The molecule has 1 fully saturated rings. The number of piperazine rings is 1. The summed E-state index contributed by atoms with van der Waals surface area (Å²) >= 11 is 0. The van der Waals surface area contributed by atoms with E-state index in [1.165, 1.54) is 6.07 Å². The van der Waals surface area contributed by atoms with E-state index in [-0.39, 0.29) is 17.2 Å².